The first-order chi connectivity index (χ1) is 12.9. The maximum Gasteiger partial charge on any atom is 0.451 e. The highest BCUT2D eigenvalue weighted by Gasteiger charge is 2.18. The number of nitrogens with zero attached hydrogens (tertiary/aromatic N) is 4. The predicted octanol–water partition coefficient (Wildman–Crippen LogP) is 0.847. The Morgan fingerprint density at radius 1 is 1.33 bits per heavy atom. The van der Waals surface area contributed by atoms with Gasteiger partial charge in [0, 0.05) is 5.02 Å². The highest BCUT2D eigenvalue weighted by atomic mass is 35.5. The van der Waals surface area contributed by atoms with Crippen LogP contribution in [0.2, 0.25) is 11.3 Å². The third-order valence-electron chi connectivity index (χ3n) is 4.16. The van der Waals surface area contributed by atoms with E-state index in [0.29, 0.717) is 36.4 Å². The van der Waals surface area contributed by atoms with Crippen LogP contribution in [-0.4, -0.2) is 43.3 Å². The van der Waals surface area contributed by atoms with Gasteiger partial charge in [0.1, 0.15) is 6.54 Å². The monoisotopic (exact) mass is 394 g/mol. The van der Waals surface area contributed by atoms with Gasteiger partial charge in [-0.2, -0.15) is 0 Å². The number of hydrogen-bond donors (Lipinski definition) is 4. The van der Waals surface area contributed by atoms with Crippen molar-refractivity contribution >= 4 is 24.6 Å². The molecular formula is C16H24BClN6O3. The SMILES string of the molecule is C[C@H](NC(=O)Cn1nnnc1C(N)CCCCB(O)O)c1ccc(Cl)cc1. The summed E-state index contributed by atoms with van der Waals surface area (Å²) in [6.07, 6.45) is 2.20. The van der Waals surface area contributed by atoms with Gasteiger partial charge >= 0.3 is 7.12 Å². The minimum Gasteiger partial charge on any atom is -0.427 e. The molecule has 0 fully saturated rings. The van der Waals surface area contributed by atoms with Crippen molar-refractivity contribution < 1.29 is 14.8 Å². The first-order valence-corrected chi connectivity index (χ1v) is 9.17. The number of carbonyl (C=O) groups is 1. The minimum absolute atomic E-state index is 0.0384. The molecule has 0 aliphatic heterocycles. The second kappa shape index (κ2) is 10.4. The standard InChI is InChI=1S/C16H24BClN6O3/c1-11(12-5-7-13(18)8-6-12)20-15(25)10-24-16(21-22-23-24)14(19)4-2-3-9-17(26)27/h5-8,11,14,26-27H,2-4,9-10,19H2,1H3,(H,20,25)/t11-,14?/m0/s1. The highest BCUT2D eigenvalue weighted by Crippen LogP contribution is 2.17. The van der Waals surface area contributed by atoms with E-state index in [2.05, 4.69) is 20.8 Å². The largest absolute Gasteiger partial charge is 0.451 e. The molecule has 146 valence electrons. The second-order valence-corrected chi connectivity index (χ2v) is 6.84. The van der Waals surface area contributed by atoms with Gasteiger partial charge in [0.25, 0.3) is 0 Å². The summed E-state index contributed by atoms with van der Waals surface area (Å²) in [4.78, 5) is 12.3. The summed E-state index contributed by atoms with van der Waals surface area (Å²) in [5.41, 5.74) is 7.04. The van der Waals surface area contributed by atoms with Crippen LogP contribution in [0.4, 0.5) is 0 Å². The van der Waals surface area contributed by atoms with Crippen molar-refractivity contribution in [1.29, 1.82) is 0 Å². The molecule has 9 nitrogen and oxygen atoms in total. The number of rotatable bonds is 10. The molecule has 0 spiro atoms. The van der Waals surface area contributed by atoms with Gasteiger partial charge in [-0.15, -0.1) is 5.10 Å². The topological polar surface area (TPSA) is 139 Å². The van der Waals surface area contributed by atoms with E-state index < -0.39 is 13.2 Å². The summed E-state index contributed by atoms with van der Waals surface area (Å²) >= 11 is 5.88. The average molecular weight is 395 g/mol. The zero-order valence-electron chi connectivity index (χ0n) is 15.1. The number of nitrogens with two attached hydrogens (primary N) is 1. The Balaban J connectivity index is 1.87. The van der Waals surface area contributed by atoms with E-state index in [1.807, 2.05) is 19.1 Å². The van der Waals surface area contributed by atoms with Crippen molar-refractivity contribution in [2.75, 3.05) is 0 Å². The quantitative estimate of drug-likeness (QED) is 0.346. The molecule has 0 radical (unpaired) electrons. The van der Waals surface area contributed by atoms with Gasteiger partial charge in [0.05, 0.1) is 12.1 Å². The maximum absolute atomic E-state index is 12.3. The molecule has 0 aliphatic carbocycles. The van der Waals surface area contributed by atoms with Crippen molar-refractivity contribution in [1.82, 2.24) is 25.5 Å². The van der Waals surface area contributed by atoms with Crippen LogP contribution in [0.25, 0.3) is 0 Å². The number of benzene rings is 1. The average Bonchev–Trinajstić information content (AvgIpc) is 3.06. The Labute approximate surface area is 163 Å². The zero-order chi connectivity index (χ0) is 19.8. The van der Waals surface area contributed by atoms with Crippen LogP contribution in [0.5, 0.6) is 0 Å². The molecule has 0 aliphatic rings. The molecule has 1 unspecified atom stereocenters. The second-order valence-electron chi connectivity index (χ2n) is 6.41. The van der Waals surface area contributed by atoms with E-state index in [4.69, 9.17) is 27.4 Å². The normalized spacial score (nSPS) is 13.2. The molecule has 27 heavy (non-hydrogen) atoms. The lowest BCUT2D eigenvalue weighted by molar-refractivity contribution is -0.122. The van der Waals surface area contributed by atoms with E-state index >= 15 is 0 Å². The Hall–Kier alpha value is -2.01. The van der Waals surface area contributed by atoms with Crippen molar-refractivity contribution in [2.45, 2.75) is 51.1 Å². The molecule has 1 aromatic heterocycles. The zero-order valence-corrected chi connectivity index (χ0v) is 15.9. The third-order valence-corrected chi connectivity index (χ3v) is 4.41. The number of unbranched alkanes of at least 4 members (excludes halogenated alkanes) is 1. The van der Waals surface area contributed by atoms with E-state index in [9.17, 15) is 4.79 Å². The third kappa shape index (κ3) is 6.91. The van der Waals surface area contributed by atoms with E-state index in [0.717, 1.165) is 5.56 Å². The van der Waals surface area contributed by atoms with E-state index in [-0.39, 0.29) is 18.5 Å². The van der Waals surface area contributed by atoms with Gasteiger partial charge in [-0.3, -0.25) is 4.79 Å². The van der Waals surface area contributed by atoms with Gasteiger partial charge < -0.3 is 21.1 Å². The van der Waals surface area contributed by atoms with Crippen molar-refractivity contribution in [3.05, 3.63) is 40.7 Å². The Morgan fingerprint density at radius 2 is 2.04 bits per heavy atom. The molecule has 2 aromatic rings. The summed E-state index contributed by atoms with van der Waals surface area (Å²) in [6.45, 7) is 1.84. The number of tetrazole rings is 1. The van der Waals surface area contributed by atoms with Crippen molar-refractivity contribution in [3.63, 3.8) is 0 Å². The smallest absolute Gasteiger partial charge is 0.427 e. The van der Waals surface area contributed by atoms with Gasteiger partial charge in [-0.05, 0) is 47.8 Å². The Morgan fingerprint density at radius 3 is 2.70 bits per heavy atom. The van der Waals surface area contributed by atoms with Gasteiger partial charge in [-0.1, -0.05) is 36.6 Å². The molecule has 0 bridgehead atoms. The van der Waals surface area contributed by atoms with Gasteiger partial charge in [0.2, 0.25) is 5.91 Å². The van der Waals surface area contributed by atoms with Crippen molar-refractivity contribution in [3.8, 4) is 0 Å². The van der Waals surface area contributed by atoms with Crippen LogP contribution >= 0.6 is 11.6 Å². The maximum atomic E-state index is 12.3. The number of carbonyl (C=O) groups excluding carboxylic acids is 1. The van der Waals surface area contributed by atoms with Crippen LogP contribution in [0.1, 0.15) is 49.7 Å². The molecule has 1 aromatic carbocycles. The number of hydrogen-bond acceptors (Lipinski definition) is 7. The first kappa shape index (κ1) is 21.3. The van der Waals surface area contributed by atoms with Crippen LogP contribution in [0.15, 0.2) is 24.3 Å². The summed E-state index contributed by atoms with van der Waals surface area (Å²) in [5.74, 6) is 0.190. The minimum atomic E-state index is -1.31. The Bertz CT molecular complexity index is 727. The fourth-order valence-electron chi connectivity index (χ4n) is 2.67. The summed E-state index contributed by atoms with van der Waals surface area (Å²) in [6, 6.07) is 6.64. The Kier molecular flexibility index (Phi) is 8.17. The van der Waals surface area contributed by atoms with Crippen LogP contribution in [0, 0.1) is 0 Å². The fraction of sp³-hybridized carbons (Fsp3) is 0.500. The summed E-state index contributed by atoms with van der Waals surface area (Å²) in [7, 11) is -1.31. The molecule has 2 atom stereocenters. The van der Waals surface area contributed by atoms with Crippen LogP contribution < -0.4 is 11.1 Å². The molecule has 11 heteroatoms. The molecular weight excluding hydrogens is 370 g/mol. The van der Waals surface area contributed by atoms with E-state index in [1.165, 1.54) is 4.68 Å². The van der Waals surface area contributed by atoms with Gasteiger partial charge in [-0.25, -0.2) is 4.68 Å². The van der Waals surface area contributed by atoms with E-state index in [1.54, 1.807) is 12.1 Å². The lowest BCUT2D eigenvalue weighted by Gasteiger charge is -2.15. The predicted molar refractivity (Wildman–Crippen MR) is 102 cm³/mol. The fourth-order valence-corrected chi connectivity index (χ4v) is 2.79. The molecule has 1 heterocycles. The number of halogens is 1. The van der Waals surface area contributed by atoms with Crippen molar-refractivity contribution in [2.24, 2.45) is 5.73 Å². The van der Waals surface area contributed by atoms with Crippen LogP contribution in [0.3, 0.4) is 0 Å². The molecule has 5 N–H and O–H groups in total. The number of amides is 1. The lowest BCUT2D eigenvalue weighted by atomic mass is 9.83. The summed E-state index contributed by atoms with van der Waals surface area (Å²) in [5, 5.41) is 32.6. The molecule has 0 saturated carbocycles. The molecule has 2 rings (SSSR count). The summed E-state index contributed by atoms with van der Waals surface area (Å²) < 4.78 is 1.38. The molecule has 1 amide bonds. The van der Waals surface area contributed by atoms with Gasteiger partial charge in [0.15, 0.2) is 5.82 Å². The first-order valence-electron chi connectivity index (χ1n) is 8.79. The number of nitrogens with one attached hydrogen (secondary N) is 1. The lowest BCUT2D eigenvalue weighted by Crippen LogP contribution is -2.31. The van der Waals surface area contributed by atoms with Crippen LogP contribution in [-0.2, 0) is 11.3 Å². The number of aromatic nitrogens is 4. The molecule has 0 saturated heterocycles. The highest BCUT2D eigenvalue weighted by molar-refractivity contribution is 6.40.